The van der Waals surface area contributed by atoms with Gasteiger partial charge in [0.05, 0.1) is 13.2 Å². The first kappa shape index (κ1) is 13.9. The third-order valence-corrected chi connectivity index (χ3v) is 2.56. The molecule has 1 aliphatic rings. The summed E-state index contributed by atoms with van der Waals surface area (Å²) in [7, 11) is 0. The number of amides is 1. The van der Waals surface area contributed by atoms with E-state index in [4.69, 9.17) is 9.47 Å². The monoisotopic (exact) mass is 279 g/mol. The molecular weight excluding hydrogens is 266 g/mol. The van der Waals surface area contributed by atoms with Gasteiger partial charge < -0.3 is 19.5 Å². The van der Waals surface area contributed by atoms with Gasteiger partial charge >= 0.3 is 11.9 Å². The Balaban J connectivity index is 1.92. The first-order valence-corrected chi connectivity index (χ1v) is 5.99. The molecule has 0 unspecified atom stereocenters. The SMILES string of the molecule is CCOC(=O)C(=O)NCC(=O)c1ccc2c(c1)OCO2. The topological polar surface area (TPSA) is 90.9 Å². The summed E-state index contributed by atoms with van der Waals surface area (Å²) in [6.07, 6.45) is 0. The Kier molecular flexibility index (Phi) is 4.19. The molecule has 0 radical (unpaired) electrons. The zero-order valence-corrected chi connectivity index (χ0v) is 10.8. The third-order valence-electron chi connectivity index (χ3n) is 2.56. The van der Waals surface area contributed by atoms with Crippen molar-refractivity contribution >= 4 is 17.7 Å². The molecule has 2 rings (SSSR count). The molecule has 1 amide bonds. The lowest BCUT2D eigenvalue weighted by Gasteiger charge is -2.05. The number of carbonyl (C=O) groups is 3. The van der Waals surface area contributed by atoms with Crippen LogP contribution >= 0.6 is 0 Å². The van der Waals surface area contributed by atoms with E-state index in [1.807, 2.05) is 0 Å². The highest BCUT2D eigenvalue weighted by Crippen LogP contribution is 2.32. The van der Waals surface area contributed by atoms with Crippen molar-refractivity contribution in [1.82, 2.24) is 5.32 Å². The van der Waals surface area contributed by atoms with Crippen LogP contribution in [0.2, 0.25) is 0 Å². The highest BCUT2D eigenvalue weighted by Gasteiger charge is 2.18. The molecule has 1 N–H and O–H groups in total. The molecule has 7 heteroatoms. The Hall–Kier alpha value is -2.57. The van der Waals surface area contributed by atoms with Crippen LogP contribution in [0, 0.1) is 0 Å². The van der Waals surface area contributed by atoms with Crippen LogP contribution in [0.5, 0.6) is 11.5 Å². The van der Waals surface area contributed by atoms with Crippen molar-refractivity contribution in [3.8, 4) is 11.5 Å². The number of rotatable bonds is 4. The Morgan fingerprint density at radius 3 is 2.75 bits per heavy atom. The second-order valence-corrected chi connectivity index (χ2v) is 3.89. The van der Waals surface area contributed by atoms with Crippen molar-refractivity contribution in [2.24, 2.45) is 0 Å². The summed E-state index contributed by atoms with van der Waals surface area (Å²) >= 11 is 0. The lowest BCUT2D eigenvalue weighted by atomic mass is 10.1. The van der Waals surface area contributed by atoms with Crippen molar-refractivity contribution < 1.29 is 28.6 Å². The average molecular weight is 279 g/mol. The number of ketones is 1. The van der Waals surface area contributed by atoms with Crippen LogP contribution < -0.4 is 14.8 Å². The lowest BCUT2D eigenvalue weighted by molar-refractivity contribution is -0.154. The fourth-order valence-corrected chi connectivity index (χ4v) is 1.60. The molecule has 106 valence electrons. The molecule has 0 aromatic heterocycles. The van der Waals surface area contributed by atoms with Gasteiger partial charge in [0.15, 0.2) is 17.3 Å². The minimum absolute atomic E-state index is 0.0996. The number of benzene rings is 1. The number of nitrogens with one attached hydrogen (secondary N) is 1. The molecule has 0 atom stereocenters. The van der Waals surface area contributed by atoms with Gasteiger partial charge in [-0.1, -0.05) is 0 Å². The maximum Gasteiger partial charge on any atom is 0.396 e. The normalized spacial score (nSPS) is 11.8. The molecule has 1 aromatic carbocycles. The van der Waals surface area contributed by atoms with Gasteiger partial charge in [-0.25, -0.2) is 4.79 Å². The van der Waals surface area contributed by atoms with Gasteiger partial charge in [0.2, 0.25) is 6.79 Å². The largest absolute Gasteiger partial charge is 0.459 e. The average Bonchev–Trinajstić information content (AvgIpc) is 2.91. The van der Waals surface area contributed by atoms with Gasteiger partial charge in [-0.05, 0) is 25.1 Å². The summed E-state index contributed by atoms with van der Waals surface area (Å²) in [6.45, 7) is 1.51. The fraction of sp³-hybridized carbons (Fsp3) is 0.308. The predicted octanol–water partition coefficient (Wildman–Crippen LogP) is 0.277. The molecule has 0 saturated heterocycles. The fourth-order valence-electron chi connectivity index (χ4n) is 1.60. The van der Waals surface area contributed by atoms with Crippen molar-refractivity contribution in [2.75, 3.05) is 19.9 Å². The van der Waals surface area contributed by atoms with E-state index in [2.05, 4.69) is 10.1 Å². The Morgan fingerprint density at radius 1 is 1.25 bits per heavy atom. The van der Waals surface area contributed by atoms with Crippen molar-refractivity contribution in [2.45, 2.75) is 6.92 Å². The van der Waals surface area contributed by atoms with Gasteiger partial charge in [0.1, 0.15) is 0 Å². The minimum Gasteiger partial charge on any atom is -0.459 e. The van der Waals surface area contributed by atoms with Crippen molar-refractivity contribution in [3.63, 3.8) is 0 Å². The Labute approximate surface area is 114 Å². The van der Waals surface area contributed by atoms with E-state index in [9.17, 15) is 14.4 Å². The van der Waals surface area contributed by atoms with Crippen LogP contribution in [-0.4, -0.2) is 37.6 Å². The summed E-state index contributed by atoms with van der Waals surface area (Å²) in [5, 5.41) is 2.20. The highest BCUT2D eigenvalue weighted by molar-refractivity contribution is 6.32. The summed E-state index contributed by atoms with van der Waals surface area (Å²) in [4.78, 5) is 34.2. The minimum atomic E-state index is -1.01. The lowest BCUT2D eigenvalue weighted by Crippen LogP contribution is -2.36. The summed E-state index contributed by atoms with van der Waals surface area (Å²) in [6, 6.07) is 4.70. The number of ether oxygens (including phenoxy) is 3. The van der Waals surface area contributed by atoms with Crippen LogP contribution in [0.3, 0.4) is 0 Å². The van der Waals surface area contributed by atoms with Crippen LogP contribution in [0.25, 0.3) is 0 Å². The van der Waals surface area contributed by atoms with Crippen LogP contribution in [0.15, 0.2) is 18.2 Å². The molecule has 1 heterocycles. The Morgan fingerprint density at radius 2 is 2.00 bits per heavy atom. The second kappa shape index (κ2) is 6.05. The van der Waals surface area contributed by atoms with Gasteiger partial charge in [0, 0.05) is 5.56 Å². The molecule has 0 bridgehead atoms. The summed E-state index contributed by atoms with van der Waals surface area (Å²) in [5.74, 6) is -1.25. The molecule has 0 saturated carbocycles. The van der Waals surface area contributed by atoms with E-state index in [0.717, 1.165) is 0 Å². The number of hydrogen-bond acceptors (Lipinski definition) is 6. The number of Topliss-reactive ketones (excluding diaryl/α,β-unsaturated/α-hetero) is 1. The van der Waals surface area contributed by atoms with E-state index < -0.39 is 11.9 Å². The van der Waals surface area contributed by atoms with E-state index in [-0.39, 0.29) is 25.7 Å². The van der Waals surface area contributed by atoms with E-state index in [1.165, 1.54) is 6.07 Å². The standard InChI is InChI=1S/C13H13NO6/c1-2-18-13(17)12(16)14-6-9(15)8-3-4-10-11(5-8)20-7-19-10/h3-5H,2,6-7H2,1H3,(H,14,16). The molecular formula is C13H13NO6. The molecule has 0 fully saturated rings. The molecule has 1 aliphatic heterocycles. The first-order chi connectivity index (χ1) is 9.61. The van der Waals surface area contributed by atoms with Gasteiger partial charge in [-0.15, -0.1) is 0 Å². The summed E-state index contributed by atoms with van der Waals surface area (Å²) in [5.41, 5.74) is 0.360. The number of hydrogen-bond donors (Lipinski definition) is 1. The van der Waals surface area contributed by atoms with E-state index in [1.54, 1.807) is 19.1 Å². The summed E-state index contributed by atoms with van der Waals surface area (Å²) < 4.78 is 14.8. The highest BCUT2D eigenvalue weighted by atomic mass is 16.7. The van der Waals surface area contributed by atoms with E-state index >= 15 is 0 Å². The quantitative estimate of drug-likeness (QED) is 0.483. The number of fused-ring (bicyclic) bond motifs is 1. The molecule has 0 aliphatic carbocycles. The molecule has 7 nitrogen and oxygen atoms in total. The molecule has 20 heavy (non-hydrogen) atoms. The zero-order chi connectivity index (χ0) is 14.5. The smallest absolute Gasteiger partial charge is 0.396 e. The van der Waals surface area contributed by atoms with Gasteiger partial charge in [-0.3, -0.25) is 9.59 Å². The number of esters is 1. The zero-order valence-electron chi connectivity index (χ0n) is 10.8. The predicted molar refractivity (Wildman–Crippen MR) is 66.5 cm³/mol. The number of carbonyl (C=O) groups excluding carboxylic acids is 3. The Bertz CT molecular complexity index is 554. The first-order valence-electron chi connectivity index (χ1n) is 5.99. The van der Waals surface area contributed by atoms with Crippen molar-refractivity contribution in [1.29, 1.82) is 0 Å². The van der Waals surface area contributed by atoms with Crippen LogP contribution in [0.4, 0.5) is 0 Å². The maximum absolute atomic E-state index is 11.9. The van der Waals surface area contributed by atoms with Gasteiger partial charge in [-0.2, -0.15) is 0 Å². The third kappa shape index (κ3) is 3.05. The maximum atomic E-state index is 11.9. The van der Waals surface area contributed by atoms with Crippen LogP contribution in [0.1, 0.15) is 17.3 Å². The molecule has 0 spiro atoms. The second-order valence-electron chi connectivity index (χ2n) is 3.89. The molecule has 1 aromatic rings. The van der Waals surface area contributed by atoms with E-state index in [0.29, 0.717) is 17.1 Å². The van der Waals surface area contributed by atoms with Crippen LogP contribution in [-0.2, 0) is 14.3 Å². The van der Waals surface area contributed by atoms with Gasteiger partial charge in [0.25, 0.3) is 0 Å². The van der Waals surface area contributed by atoms with Crippen molar-refractivity contribution in [3.05, 3.63) is 23.8 Å².